The summed E-state index contributed by atoms with van der Waals surface area (Å²) < 4.78 is 18.7. The number of aliphatic hydroxyl groups excluding tert-OH is 1. The average Bonchev–Trinajstić information content (AvgIpc) is 3.22. The van der Waals surface area contributed by atoms with Gasteiger partial charge >= 0.3 is 0 Å². The molecule has 1 aromatic heterocycles. The third-order valence-corrected chi connectivity index (χ3v) is 9.36. The van der Waals surface area contributed by atoms with Gasteiger partial charge in [0.25, 0.3) is 0 Å². The fraction of sp³-hybridized carbons (Fsp3) is 0.615. The van der Waals surface area contributed by atoms with Crippen LogP contribution < -0.4 is 5.32 Å². The molecule has 2 N–H and O–H groups in total. The van der Waals surface area contributed by atoms with E-state index in [1.807, 2.05) is 11.8 Å². The van der Waals surface area contributed by atoms with Crippen LogP contribution in [0.1, 0.15) is 50.1 Å². The molecule has 0 radical (unpaired) electrons. The van der Waals surface area contributed by atoms with Gasteiger partial charge in [0.05, 0.1) is 25.0 Å². The molecule has 0 unspecified atom stereocenters. The molecule has 0 spiro atoms. The van der Waals surface area contributed by atoms with Gasteiger partial charge in [0.1, 0.15) is 5.82 Å². The van der Waals surface area contributed by atoms with Crippen molar-refractivity contribution < 1.29 is 19.0 Å². The molecule has 6 nitrogen and oxygen atoms in total. The zero-order chi connectivity index (χ0) is 24.0. The van der Waals surface area contributed by atoms with E-state index in [0.717, 1.165) is 35.8 Å². The molecule has 3 aliphatic rings. The SMILES string of the molecule is C[C@H](C(=O)N1CCOCC1)[C@H]1CC[C@@]2(C)Cc3sc(Nc4ccc(F)cc4)nc3[C@@H](C)[C@@H]2[C@H]1O. The Morgan fingerprint density at radius 3 is 2.74 bits per heavy atom. The van der Waals surface area contributed by atoms with Crippen molar-refractivity contribution in [2.24, 2.45) is 23.2 Å². The first-order valence-corrected chi connectivity index (χ1v) is 13.2. The highest BCUT2D eigenvalue weighted by Crippen LogP contribution is 2.57. The first kappa shape index (κ1) is 23.7. The smallest absolute Gasteiger partial charge is 0.225 e. The second-order valence-electron chi connectivity index (χ2n) is 10.5. The molecule has 1 amide bonds. The van der Waals surface area contributed by atoms with Gasteiger partial charge in [-0.2, -0.15) is 0 Å². The van der Waals surface area contributed by atoms with E-state index in [9.17, 15) is 14.3 Å². The number of aliphatic hydroxyl groups is 1. The fourth-order valence-corrected chi connectivity index (χ4v) is 7.80. The van der Waals surface area contributed by atoms with Crippen LogP contribution in [-0.4, -0.2) is 53.3 Å². The number of anilines is 2. The van der Waals surface area contributed by atoms with Gasteiger partial charge in [-0.1, -0.05) is 20.8 Å². The van der Waals surface area contributed by atoms with Crippen LogP contribution in [0.5, 0.6) is 0 Å². The molecule has 2 aliphatic carbocycles. The zero-order valence-electron chi connectivity index (χ0n) is 20.1. The highest BCUT2D eigenvalue weighted by Gasteiger charge is 2.54. The summed E-state index contributed by atoms with van der Waals surface area (Å²) in [4.78, 5) is 21.2. The maximum Gasteiger partial charge on any atom is 0.225 e. The van der Waals surface area contributed by atoms with E-state index in [4.69, 9.17) is 9.72 Å². The van der Waals surface area contributed by atoms with E-state index in [0.29, 0.717) is 26.3 Å². The summed E-state index contributed by atoms with van der Waals surface area (Å²) in [6, 6.07) is 6.29. The van der Waals surface area contributed by atoms with Crippen LogP contribution in [0.15, 0.2) is 24.3 Å². The van der Waals surface area contributed by atoms with Crippen LogP contribution in [-0.2, 0) is 16.0 Å². The van der Waals surface area contributed by atoms with Gasteiger partial charge in [-0.3, -0.25) is 4.79 Å². The van der Waals surface area contributed by atoms with Crippen LogP contribution >= 0.6 is 11.3 Å². The second kappa shape index (κ2) is 9.21. The number of aromatic nitrogens is 1. The van der Waals surface area contributed by atoms with Crippen LogP contribution in [0.25, 0.3) is 0 Å². The Balaban J connectivity index is 1.35. The molecule has 184 valence electrons. The van der Waals surface area contributed by atoms with Crippen molar-refractivity contribution in [2.75, 3.05) is 31.6 Å². The van der Waals surface area contributed by atoms with E-state index in [1.165, 1.54) is 17.0 Å². The van der Waals surface area contributed by atoms with Gasteiger partial charge < -0.3 is 20.1 Å². The number of nitrogens with one attached hydrogen (secondary N) is 1. The third kappa shape index (κ3) is 4.25. The first-order chi connectivity index (χ1) is 16.3. The summed E-state index contributed by atoms with van der Waals surface area (Å²) in [5, 5.41) is 15.7. The topological polar surface area (TPSA) is 74.7 Å². The summed E-state index contributed by atoms with van der Waals surface area (Å²) in [5.41, 5.74) is 1.83. The minimum Gasteiger partial charge on any atom is -0.392 e. The average molecular weight is 488 g/mol. The number of morpholine rings is 1. The van der Waals surface area contributed by atoms with Gasteiger partial charge in [-0.05, 0) is 60.8 Å². The molecule has 1 saturated carbocycles. The lowest BCUT2D eigenvalue weighted by molar-refractivity contribution is -0.148. The van der Waals surface area contributed by atoms with E-state index in [1.54, 1.807) is 23.5 Å². The number of hydrogen-bond acceptors (Lipinski definition) is 6. The standard InChI is InChI=1S/C26H34FN3O3S/c1-15(24(32)30-10-12-33-13-11-30)19-8-9-26(3)14-20-22(16(2)21(26)23(19)31)29-25(34-20)28-18-6-4-17(27)5-7-18/h4-7,15-16,19,21,23,31H,8-14H2,1-3H3,(H,28,29)/t15-,16-,19+,21+,23-,26-/m0/s1. The highest BCUT2D eigenvalue weighted by atomic mass is 32.1. The Morgan fingerprint density at radius 2 is 2.03 bits per heavy atom. The number of benzene rings is 1. The lowest BCUT2D eigenvalue weighted by atomic mass is 9.53. The maximum atomic E-state index is 13.3. The molecule has 8 heteroatoms. The van der Waals surface area contributed by atoms with E-state index in [2.05, 4.69) is 19.2 Å². The number of carbonyl (C=O) groups is 1. The minimum absolute atomic E-state index is 0.0241. The van der Waals surface area contributed by atoms with Crippen molar-refractivity contribution in [1.82, 2.24) is 9.88 Å². The predicted octanol–water partition coefficient (Wildman–Crippen LogP) is 4.57. The van der Waals surface area contributed by atoms with Gasteiger partial charge in [0.15, 0.2) is 5.13 Å². The molecule has 2 fully saturated rings. The van der Waals surface area contributed by atoms with E-state index in [-0.39, 0.29) is 40.8 Å². The normalized spacial score (nSPS) is 32.0. The summed E-state index contributed by atoms with van der Waals surface area (Å²) >= 11 is 1.65. The Hall–Kier alpha value is -2.03. The molecule has 5 rings (SSSR count). The Bertz CT molecular complexity index is 1040. The largest absolute Gasteiger partial charge is 0.392 e. The number of carbonyl (C=O) groups excluding carboxylic acids is 1. The zero-order valence-corrected chi connectivity index (χ0v) is 20.9. The van der Waals surface area contributed by atoms with Crippen molar-refractivity contribution in [3.8, 4) is 0 Å². The number of rotatable bonds is 4. The monoisotopic (exact) mass is 487 g/mol. The van der Waals surface area contributed by atoms with Crippen LogP contribution in [0.4, 0.5) is 15.2 Å². The molecule has 1 saturated heterocycles. The van der Waals surface area contributed by atoms with E-state index >= 15 is 0 Å². The lowest BCUT2D eigenvalue weighted by Gasteiger charge is -2.53. The second-order valence-corrected chi connectivity index (χ2v) is 11.6. The van der Waals surface area contributed by atoms with Crippen molar-refractivity contribution in [3.63, 3.8) is 0 Å². The molecule has 2 aromatic rings. The molecular weight excluding hydrogens is 453 g/mol. The van der Waals surface area contributed by atoms with Crippen LogP contribution in [0, 0.1) is 29.0 Å². The molecule has 6 atom stereocenters. The number of ether oxygens (including phenoxy) is 1. The molecule has 2 heterocycles. The van der Waals surface area contributed by atoms with Crippen molar-refractivity contribution in [2.45, 2.75) is 52.1 Å². The molecule has 0 bridgehead atoms. The first-order valence-electron chi connectivity index (χ1n) is 12.3. The number of nitrogens with zero attached hydrogens (tertiary/aromatic N) is 2. The lowest BCUT2D eigenvalue weighted by Crippen LogP contribution is -2.54. The molecule has 1 aliphatic heterocycles. The summed E-state index contributed by atoms with van der Waals surface area (Å²) in [6.45, 7) is 8.89. The fourth-order valence-electron chi connectivity index (χ4n) is 6.51. The van der Waals surface area contributed by atoms with Crippen LogP contribution in [0.3, 0.4) is 0 Å². The predicted molar refractivity (Wildman–Crippen MR) is 131 cm³/mol. The molecular formula is C26H34FN3O3S. The number of thiazole rings is 1. The third-order valence-electron chi connectivity index (χ3n) is 8.37. The number of fused-ring (bicyclic) bond motifs is 2. The Kier molecular flexibility index (Phi) is 6.42. The maximum absolute atomic E-state index is 13.3. The minimum atomic E-state index is -0.544. The number of hydrogen-bond donors (Lipinski definition) is 2. The van der Waals surface area contributed by atoms with Gasteiger partial charge in [-0.25, -0.2) is 9.37 Å². The summed E-state index contributed by atoms with van der Waals surface area (Å²) in [5.74, 6) is -0.235. The van der Waals surface area contributed by atoms with Crippen molar-refractivity contribution >= 4 is 28.1 Å². The number of halogens is 1. The van der Waals surface area contributed by atoms with Gasteiger partial charge in [-0.15, -0.1) is 11.3 Å². The summed E-state index contributed by atoms with van der Waals surface area (Å²) in [7, 11) is 0. The van der Waals surface area contributed by atoms with E-state index < -0.39 is 6.10 Å². The number of amides is 1. The van der Waals surface area contributed by atoms with Gasteiger partial charge in [0, 0.05) is 35.5 Å². The molecule has 34 heavy (non-hydrogen) atoms. The van der Waals surface area contributed by atoms with Gasteiger partial charge in [0.2, 0.25) is 5.91 Å². The quantitative estimate of drug-likeness (QED) is 0.661. The van der Waals surface area contributed by atoms with Crippen LogP contribution in [0.2, 0.25) is 0 Å². The highest BCUT2D eigenvalue weighted by molar-refractivity contribution is 7.15. The van der Waals surface area contributed by atoms with Crippen molar-refractivity contribution in [3.05, 3.63) is 40.7 Å². The Morgan fingerprint density at radius 1 is 1.32 bits per heavy atom. The Labute approximate surface area is 204 Å². The molecule has 1 aromatic carbocycles. The summed E-state index contributed by atoms with van der Waals surface area (Å²) in [6.07, 6.45) is 2.18. The van der Waals surface area contributed by atoms with Crippen molar-refractivity contribution in [1.29, 1.82) is 0 Å².